The van der Waals surface area contributed by atoms with Gasteiger partial charge in [-0.25, -0.2) is 0 Å². The number of β-amino-alcohol motifs (C(OH)–C–C–N with tert-alkyl or cyclic N) is 1. The zero-order valence-electron chi connectivity index (χ0n) is 19.2. The van der Waals surface area contributed by atoms with Crippen molar-refractivity contribution in [3.63, 3.8) is 0 Å². The van der Waals surface area contributed by atoms with E-state index in [1.165, 1.54) is 6.08 Å². The summed E-state index contributed by atoms with van der Waals surface area (Å²) in [5.41, 5.74) is 0.760. The molecule has 3 rings (SSSR count). The second-order valence-corrected chi connectivity index (χ2v) is 9.73. The average Bonchev–Trinajstić information content (AvgIpc) is 3.00. The maximum absolute atomic E-state index is 12.6. The van der Waals surface area contributed by atoms with Gasteiger partial charge >= 0.3 is 0 Å². The van der Waals surface area contributed by atoms with Crippen molar-refractivity contribution < 1.29 is 24.9 Å². The number of likely N-dealkylation sites (tertiary alicyclic amines) is 1. The fourth-order valence-electron chi connectivity index (χ4n) is 4.39. The minimum absolute atomic E-state index is 0.0368. The molecule has 0 bridgehead atoms. The number of rotatable bonds is 8. The monoisotopic (exact) mass is 513 g/mol. The van der Waals surface area contributed by atoms with E-state index in [9.17, 15) is 24.9 Å². The standard InChI is InChI=1S/C24H33Cl2N3O5/c25-21-3-1-17(13-22(21)26)2-4-23(33)28-10-7-24(34)27(11-12-28)8-6-20(32)15-29-9-5-19(31)14-18(29)16-30/h1-4,13,18-20,30-32H,5-12,14-16H2/b4-2+/t18-,19-,20?/m1/s1. The first-order chi connectivity index (χ1) is 16.3. The van der Waals surface area contributed by atoms with Crippen molar-refractivity contribution in [3.05, 3.63) is 39.9 Å². The van der Waals surface area contributed by atoms with E-state index in [1.54, 1.807) is 34.1 Å². The molecule has 2 heterocycles. The molecule has 3 atom stereocenters. The third-order valence-electron chi connectivity index (χ3n) is 6.46. The smallest absolute Gasteiger partial charge is 0.246 e. The summed E-state index contributed by atoms with van der Waals surface area (Å²) in [5, 5.41) is 30.7. The molecule has 188 valence electrons. The lowest BCUT2D eigenvalue weighted by Crippen LogP contribution is -2.49. The van der Waals surface area contributed by atoms with Gasteiger partial charge < -0.3 is 25.1 Å². The predicted octanol–water partition coefficient (Wildman–Crippen LogP) is 1.64. The van der Waals surface area contributed by atoms with Crippen LogP contribution >= 0.6 is 23.2 Å². The van der Waals surface area contributed by atoms with E-state index in [1.807, 2.05) is 4.90 Å². The van der Waals surface area contributed by atoms with Crippen LogP contribution in [0.3, 0.4) is 0 Å². The molecule has 0 aromatic heterocycles. The maximum atomic E-state index is 12.6. The molecule has 34 heavy (non-hydrogen) atoms. The number of hydrogen-bond donors (Lipinski definition) is 3. The highest BCUT2D eigenvalue weighted by Crippen LogP contribution is 2.23. The number of halogens is 2. The van der Waals surface area contributed by atoms with Crippen molar-refractivity contribution in [3.8, 4) is 0 Å². The van der Waals surface area contributed by atoms with Crippen LogP contribution in [0, 0.1) is 0 Å². The van der Waals surface area contributed by atoms with E-state index in [2.05, 4.69) is 0 Å². The Morgan fingerprint density at radius 1 is 1.18 bits per heavy atom. The number of carbonyl (C=O) groups excluding carboxylic acids is 2. The van der Waals surface area contributed by atoms with Crippen LogP contribution in [0.4, 0.5) is 0 Å². The second kappa shape index (κ2) is 12.9. The number of amides is 2. The number of piperidine rings is 1. The molecule has 0 radical (unpaired) electrons. The summed E-state index contributed by atoms with van der Waals surface area (Å²) in [6.45, 7) is 2.54. The number of aliphatic hydroxyl groups excluding tert-OH is 3. The van der Waals surface area contributed by atoms with Gasteiger partial charge in [0.1, 0.15) is 0 Å². The molecule has 1 aromatic carbocycles. The first-order valence-electron chi connectivity index (χ1n) is 11.7. The maximum Gasteiger partial charge on any atom is 0.246 e. The summed E-state index contributed by atoms with van der Waals surface area (Å²) >= 11 is 11.9. The third kappa shape index (κ3) is 7.66. The summed E-state index contributed by atoms with van der Waals surface area (Å²) in [5.74, 6) is -0.214. The van der Waals surface area contributed by atoms with Crippen LogP contribution in [0.5, 0.6) is 0 Å². The van der Waals surface area contributed by atoms with Gasteiger partial charge in [0.25, 0.3) is 0 Å². The summed E-state index contributed by atoms with van der Waals surface area (Å²) in [4.78, 5) is 30.5. The van der Waals surface area contributed by atoms with Gasteiger partial charge in [-0.2, -0.15) is 0 Å². The molecular formula is C24H33Cl2N3O5. The normalized spacial score (nSPS) is 23.4. The van der Waals surface area contributed by atoms with Crippen molar-refractivity contribution in [1.82, 2.24) is 14.7 Å². The Morgan fingerprint density at radius 2 is 1.97 bits per heavy atom. The van der Waals surface area contributed by atoms with Crippen molar-refractivity contribution in [2.45, 2.75) is 43.9 Å². The van der Waals surface area contributed by atoms with Gasteiger partial charge in [0.05, 0.1) is 28.9 Å². The van der Waals surface area contributed by atoms with Gasteiger partial charge in [-0.05, 0) is 43.0 Å². The highest BCUT2D eigenvalue weighted by atomic mass is 35.5. The summed E-state index contributed by atoms with van der Waals surface area (Å²) in [7, 11) is 0. The number of benzene rings is 1. The second-order valence-electron chi connectivity index (χ2n) is 8.91. The molecule has 10 heteroatoms. The Kier molecular flexibility index (Phi) is 10.2. The van der Waals surface area contributed by atoms with Crippen molar-refractivity contribution >= 4 is 41.1 Å². The van der Waals surface area contributed by atoms with Crippen LogP contribution in [-0.4, -0.2) is 106 Å². The number of nitrogens with zero attached hydrogens (tertiary/aromatic N) is 3. The van der Waals surface area contributed by atoms with Crippen LogP contribution in [0.1, 0.15) is 31.2 Å². The molecule has 2 saturated heterocycles. The zero-order valence-corrected chi connectivity index (χ0v) is 20.7. The van der Waals surface area contributed by atoms with Gasteiger partial charge in [0, 0.05) is 57.8 Å². The Bertz CT molecular complexity index is 884. The molecule has 3 N–H and O–H groups in total. The summed E-state index contributed by atoms with van der Waals surface area (Å²) in [6, 6.07) is 4.96. The highest BCUT2D eigenvalue weighted by Gasteiger charge is 2.29. The van der Waals surface area contributed by atoms with E-state index >= 15 is 0 Å². The highest BCUT2D eigenvalue weighted by molar-refractivity contribution is 6.42. The van der Waals surface area contributed by atoms with Crippen LogP contribution < -0.4 is 0 Å². The first-order valence-corrected chi connectivity index (χ1v) is 12.4. The van der Waals surface area contributed by atoms with E-state index in [4.69, 9.17) is 23.2 Å². The van der Waals surface area contributed by atoms with Crippen LogP contribution in [0.2, 0.25) is 10.0 Å². The fourth-order valence-corrected chi connectivity index (χ4v) is 4.69. The molecule has 1 unspecified atom stereocenters. The molecule has 2 amide bonds. The topological polar surface area (TPSA) is 105 Å². The molecule has 2 aliphatic heterocycles. The van der Waals surface area contributed by atoms with Crippen LogP contribution in [0.25, 0.3) is 6.08 Å². The predicted molar refractivity (Wildman–Crippen MR) is 132 cm³/mol. The molecular weight excluding hydrogens is 481 g/mol. The number of aliphatic hydroxyl groups is 3. The van der Waals surface area contributed by atoms with E-state index < -0.39 is 12.2 Å². The third-order valence-corrected chi connectivity index (χ3v) is 7.20. The zero-order chi connectivity index (χ0) is 24.7. The molecule has 8 nitrogen and oxygen atoms in total. The van der Waals surface area contributed by atoms with Gasteiger partial charge in [-0.3, -0.25) is 14.5 Å². The van der Waals surface area contributed by atoms with Crippen molar-refractivity contribution in [2.24, 2.45) is 0 Å². The van der Waals surface area contributed by atoms with Gasteiger partial charge in [0.2, 0.25) is 11.8 Å². The lowest BCUT2D eigenvalue weighted by molar-refractivity contribution is -0.130. The molecule has 2 fully saturated rings. The number of carbonyl (C=O) groups is 2. The number of hydrogen-bond acceptors (Lipinski definition) is 6. The average molecular weight is 514 g/mol. The van der Waals surface area contributed by atoms with E-state index in [0.29, 0.717) is 68.6 Å². The van der Waals surface area contributed by atoms with Gasteiger partial charge in [0.15, 0.2) is 0 Å². The van der Waals surface area contributed by atoms with Crippen LogP contribution in [0.15, 0.2) is 24.3 Å². The fraction of sp³-hybridized carbons (Fsp3) is 0.583. The molecule has 2 aliphatic rings. The Morgan fingerprint density at radius 3 is 2.71 bits per heavy atom. The molecule has 0 saturated carbocycles. The minimum atomic E-state index is -0.646. The minimum Gasteiger partial charge on any atom is -0.395 e. The molecule has 0 spiro atoms. The molecule has 0 aliphatic carbocycles. The van der Waals surface area contributed by atoms with Crippen molar-refractivity contribution in [2.75, 3.05) is 45.9 Å². The quantitative estimate of drug-likeness (QED) is 0.456. The molecule has 1 aromatic rings. The SMILES string of the molecule is O=C(/C=C/c1ccc(Cl)c(Cl)c1)N1CCC(=O)N(CCC(O)CN2CC[C@@H](O)C[C@@H]2CO)CC1. The Hall–Kier alpha value is -1.68. The lowest BCUT2D eigenvalue weighted by Gasteiger charge is -2.38. The lowest BCUT2D eigenvalue weighted by atomic mass is 9.99. The Labute approximate surface area is 210 Å². The summed E-state index contributed by atoms with van der Waals surface area (Å²) in [6.07, 6.45) is 3.85. The first kappa shape index (κ1) is 26.9. The largest absolute Gasteiger partial charge is 0.395 e. The van der Waals surface area contributed by atoms with Crippen LogP contribution in [-0.2, 0) is 9.59 Å². The van der Waals surface area contributed by atoms with Crippen molar-refractivity contribution in [1.29, 1.82) is 0 Å². The van der Waals surface area contributed by atoms with E-state index in [0.717, 1.165) is 5.56 Å². The van der Waals surface area contributed by atoms with E-state index in [-0.39, 0.29) is 30.9 Å². The van der Waals surface area contributed by atoms with Gasteiger partial charge in [-0.15, -0.1) is 0 Å². The Balaban J connectivity index is 1.46. The summed E-state index contributed by atoms with van der Waals surface area (Å²) < 4.78 is 0. The van der Waals surface area contributed by atoms with Gasteiger partial charge in [-0.1, -0.05) is 29.3 Å².